The lowest BCUT2D eigenvalue weighted by Crippen LogP contribution is -2.38. The molecular formula is C23H27N3O3. The first-order valence-electron chi connectivity index (χ1n) is 10.2. The number of anilines is 1. The first kappa shape index (κ1) is 19.5. The molecule has 0 aliphatic carbocycles. The number of likely N-dealkylation sites (tertiary alicyclic amines) is 1. The predicted molar refractivity (Wildman–Crippen MR) is 111 cm³/mol. The predicted octanol–water partition coefficient (Wildman–Crippen LogP) is 2.57. The van der Waals surface area contributed by atoms with Crippen LogP contribution in [0.2, 0.25) is 0 Å². The van der Waals surface area contributed by atoms with E-state index < -0.39 is 0 Å². The van der Waals surface area contributed by atoms with Gasteiger partial charge in [-0.1, -0.05) is 30.3 Å². The Morgan fingerprint density at radius 1 is 1.07 bits per heavy atom. The molecule has 0 bridgehead atoms. The van der Waals surface area contributed by atoms with Gasteiger partial charge in [-0.25, -0.2) is 0 Å². The third kappa shape index (κ3) is 4.77. The summed E-state index contributed by atoms with van der Waals surface area (Å²) in [7, 11) is 0. The lowest BCUT2D eigenvalue weighted by atomic mass is 9.95. The minimum atomic E-state index is -0.193. The molecule has 1 saturated heterocycles. The number of primary amides is 1. The second-order valence-electron chi connectivity index (χ2n) is 7.96. The van der Waals surface area contributed by atoms with E-state index in [1.54, 1.807) is 0 Å². The van der Waals surface area contributed by atoms with Gasteiger partial charge in [0.25, 0.3) is 0 Å². The lowest BCUT2D eigenvalue weighted by molar-refractivity contribution is -0.123. The van der Waals surface area contributed by atoms with Crippen molar-refractivity contribution in [1.82, 2.24) is 4.90 Å². The van der Waals surface area contributed by atoms with E-state index in [-0.39, 0.29) is 23.7 Å². The number of carbonyl (C=O) groups is 2. The largest absolute Gasteiger partial charge is 0.492 e. The maximum absolute atomic E-state index is 12.7. The number of nitrogens with one attached hydrogen (secondary N) is 1. The summed E-state index contributed by atoms with van der Waals surface area (Å²) in [6.07, 6.45) is 2.32. The number of fused-ring (bicyclic) bond motifs is 1. The van der Waals surface area contributed by atoms with Gasteiger partial charge in [0.2, 0.25) is 11.8 Å². The summed E-state index contributed by atoms with van der Waals surface area (Å²) in [6, 6.07) is 15.8. The normalized spacial score (nSPS) is 19.8. The van der Waals surface area contributed by atoms with E-state index in [1.807, 2.05) is 42.5 Å². The Balaban J connectivity index is 1.33. The third-order valence-corrected chi connectivity index (χ3v) is 5.84. The molecule has 4 rings (SSSR count). The van der Waals surface area contributed by atoms with Crippen LogP contribution < -0.4 is 15.8 Å². The summed E-state index contributed by atoms with van der Waals surface area (Å²) >= 11 is 0. The van der Waals surface area contributed by atoms with Crippen molar-refractivity contribution in [3.05, 3.63) is 59.7 Å². The van der Waals surface area contributed by atoms with Gasteiger partial charge >= 0.3 is 0 Å². The molecule has 29 heavy (non-hydrogen) atoms. The summed E-state index contributed by atoms with van der Waals surface area (Å²) in [4.78, 5) is 26.4. The smallest absolute Gasteiger partial charge is 0.231 e. The van der Waals surface area contributed by atoms with Crippen molar-refractivity contribution in [2.24, 2.45) is 17.6 Å². The molecule has 152 valence electrons. The number of ether oxygens (including phenoxy) is 1. The molecule has 2 aliphatic rings. The zero-order valence-corrected chi connectivity index (χ0v) is 16.5. The lowest BCUT2D eigenvalue weighted by Gasteiger charge is -2.30. The Morgan fingerprint density at radius 2 is 1.86 bits per heavy atom. The molecule has 2 aliphatic heterocycles. The summed E-state index contributed by atoms with van der Waals surface area (Å²) in [6.45, 7) is 2.93. The van der Waals surface area contributed by atoms with Gasteiger partial charge in [-0.2, -0.15) is 0 Å². The molecule has 0 aromatic heterocycles. The van der Waals surface area contributed by atoms with Crippen LogP contribution in [0.15, 0.2) is 48.5 Å². The second kappa shape index (κ2) is 8.66. The molecule has 1 fully saturated rings. The first-order chi connectivity index (χ1) is 14.1. The molecule has 0 radical (unpaired) electrons. The first-order valence-corrected chi connectivity index (χ1v) is 10.2. The van der Waals surface area contributed by atoms with E-state index in [1.165, 1.54) is 0 Å². The number of amides is 2. The monoisotopic (exact) mass is 393 g/mol. The Hall–Kier alpha value is -2.86. The fourth-order valence-electron chi connectivity index (χ4n) is 4.12. The Morgan fingerprint density at radius 3 is 2.66 bits per heavy atom. The maximum atomic E-state index is 12.7. The van der Waals surface area contributed by atoms with Gasteiger partial charge in [-0.15, -0.1) is 0 Å². The second-order valence-corrected chi connectivity index (χ2v) is 7.96. The molecule has 6 heteroatoms. The third-order valence-electron chi connectivity index (χ3n) is 5.84. The van der Waals surface area contributed by atoms with E-state index in [9.17, 15) is 9.59 Å². The molecule has 0 saturated carbocycles. The van der Waals surface area contributed by atoms with Crippen LogP contribution >= 0.6 is 0 Å². The van der Waals surface area contributed by atoms with Crippen molar-refractivity contribution < 1.29 is 14.3 Å². The molecule has 0 unspecified atom stereocenters. The van der Waals surface area contributed by atoms with Crippen LogP contribution in [0.25, 0.3) is 0 Å². The molecule has 2 aromatic rings. The molecule has 3 N–H and O–H groups in total. The van der Waals surface area contributed by atoms with Crippen LogP contribution in [0.3, 0.4) is 0 Å². The average molecular weight is 393 g/mol. The van der Waals surface area contributed by atoms with Gasteiger partial charge in [-0.05, 0) is 61.7 Å². The summed E-state index contributed by atoms with van der Waals surface area (Å²) in [5, 5.41) is 3.04. The fraction of sp³-hybridized carbons (Fsp3) is 0.391. The number of hydrogen-bond acceptors (Lipinski definition) is 4. The minimum Gasteiger partial charge on any atom is -0.492 e. The molecular weight excluding hydrogens is 366 g/mol. The highest BCUT2D eigenvalue weighted by Crippen LogP contribution is 2.27. The summed E-state index contributed by atoms with van der Waals surface area (Å²) < 4.78 is 5.74. The average Bonchev–Trinajstić information content (AvgIpc) is 2.74. The number of nitrogens with two attached hydrogens (primary N) is 1. The standard InChI is InChI=1S/C23H27N3O3/c24-22(27)17-8-10-26(11-9-17)14-16-4-3-6-20(12-16)25-23(28)19-13-18-5-1-2-7-21(18)29-15-19/h1-7,12,17,19H,8-11,13-15H2,(H2,24,27)(H,25,28)/t19-/m1/s1. The maximum Gasteiger partial charge on any atom is 0.231 e. The van der Waals surface area contributed by atoms with Crippen molar-refractivity contribution in [2.45, 2.75) is 25.8 Å². The molecule has 6 nitrogen and oxygen atoms in total. The van der Waals surface area contributed by atoms with Crippen LogP contribution in [0.5, 0.6) is 5.75 Å². The van der Waals surface area contributed by atoms with Crippen LogP contribution in [0.1, 0.15) is 24.0 Å². The van der Waals surface area contributed by atoms with Gasteiger partial charge in [0, 0.05) is 18.2 Å². The van der Waals surface area contributed by atoms with E-state index >= 15 is 0 Å². The number of nitrogens with zero attached hydrogens (tertiary/aromatic N) is 1. The van der Waals surface area contributed by atoms with Gasteiger partial charge in [0.1, 0.15) is 12.4 Å². The van der Waals surface area contributed by atoms with E-state index in [2.05, 4.69) is 16.3 Å². The zero-order chi connectivity index (χ0) is 20.2. The van der Waals surface area contributed by atoms with Crippen LogP contribution in [0.4, 0.5) is 5.69 Å². The van der Waals surface area contributed by atoms with Gasteiger partial charge in [-0.3, -0.25) is 14.5 Å². The number of rotatable bonds is 5. The quantitative estimate of drug-likeness (QED) is 0.818. The van der Waals surface area contributed by atoms with Crippen LogP contribution in [-0.2, 0) is 22.6 Å². The molecule has 2 amide bonds. The molecule has 1 atom stereocenters. The topological polar surface area (TPSA) is 84.7 Å². The van der Waals surface area contributed by atoms with Gasteiger partial charge in [0.05, 0.1) is 5.92 Å². The Bertz CT molecular complexity index is 890. The number of piperidine rings is 1. The SMILES string of the molecule is NC(=O)C1CCN(Cc2cccc(NC(=O)[C@H]3COc4ccccc4C3)c2)CC1. The van der Waals surface area contributed by atoms with E-state index in [4.69, 9.17) is 10.5 Å². The van der Waals surface area contributed by atoms with Crippen molar-refractivity contribution in [1.29, 1.82) is 0 Å². The Kier molecular flexibility index (Phi) is 5.81. The van der Waals surface area contributed by atoms with E-state index in [0.29, 0.717) is 13.0 Å². The number of para-hydroxylation sites is 1. The number of hydrogen-bond donors (Lipinski definition) is 2. The minimum absolute atomic E-state index is 0.000264. The summed E-state index contributed by atoms with van der Waals surface area (Å²) in [5.41, 5.74) is 8.44. The molecule has 2 aromatic carbocycles. The number of carbonyl (C=O) groups excluding carboxylic acids is 2. The van der Waals surface area contributed by atoms with Crippen molar-refractivity contribution in [3.63, 3.8) is 0 Å². The van der Waals surface area contributed by atoms with Crippen molar-refractivity contribution in [3.8, 4) is 5.75 Å². The van der Waals surface area contributed by atoms with E-state index in [0.717, 1.165) is 55.0 Å². The fourth-order valence-corrected chi connectivity index (χ4v) is 4.12. The summed E-state index contributed by atoms with van der Waals surface area (Å²) in [5.74, 6) is 0.474. The van der Waals surface area contributed by atoms with Crippen molar-refractivity contribution >= 4 is 17.5 Å². The van der Waals surface area contributed by atoms with Crippen molar-refractivity contribution in [2.75, 3.05) is 25.0 Å². The molecule has 2 heterocycles. The highest BCUT2D eigenvalue weighted by Gasteiger charge is 2.26. The highest BCUT2D eigenvalue weighted by molar-refractivity contribution is 5.93. The highest BCUT2D eigenvalue weighted by atomic mass is 16.5. The van der Waals surface area contributed by atoms with Gasteiger partial charge in [0.15, 0.2) is 0 Å². The number of benzene rings is 2. The molecule has 0 spiro atoms. The van der Waals surface area contributed by atoms with Crippen LogP contribution in [-0.4, -0.2) is 36.4 Å². The Labute approximate surface area is 171 Å². The van der Waals surface area contributed by atoms with Crippen LogP contribution in [0, 0.1) is 11.8 Å². The van der Waals surface area contributed by atoms with Gasteiger partial charge < -0.3 is 15.8 Å². The zero-order valence-electron chi connectivity index (χ0n) is 16.5.